The summed E-state index contributed by atoms with van der Waals surface area (Å²) >= 11 is 0. The third-order valence-electron chi connectivity index (χ3n) is 1.66. The van der Waals surface area contributed by atoms with Gasteiger partial charge in [-0.2, -0.15) is 0 Å². The van der Waals surface area contributed by atoms with Gasteiger partial charge in [0.2, 0.25) is 0 Å². The molecule has 0 bridgehead atoms. The number of hydrogen-bond donors (Lipinski definition) is 0. The molecule has 3 nitrogen and oxygen atoms in total. The second-order valence-electron chi connectivity index (χ2n) is 2.91. The first-order valence-corrected chi connectivity index (χ1v) is 5.10. The maximum atomic E-state index is 12.8. The number of halogens is 2. The molecule has 1 rings (SSSR count). The third-order valence-corrected chi connectivity index (χ3v) is 1.66. The van der Waals surface area contributed by atoms with Crippen LogP contribution in [0.2, 0.25) is 0 Å². The SMILES string of the molecule is CC.CC(=O)Oc1cc(F)c(F)cc1C(C)=O. The van der Waals surface area contributed by atoms with Gasteiger partial charge < -0.3 is 4.74 Å². The fourth-order valence-corrected chi connectivity index (χ4v) is 1.04. The van der Waals surface area contributed by atoms with E-state index in [0.717, 1.165) is 6.92 Å². The summed E-state index contributed by atoms with van der Waals surface area (Å²) in [6.07, 6.45) is 0. The molecule has 0 amide bonds. The Balaban J connectivity index is 0.00000121. The molecule has 0 aromatic heterocycles. The summed E-state index contributed by atoms with van der Waals surface area (Å²) in [4.78, 5) is 21.7. The molecular weight excluding hydrogens is 230 g/mol. The van der Waals surface area contributed by atoms with Crippen LogP contribution >= 0.6 is 0 Å². The predicted molar refractivity (Wildman–Crippen MR) is 59.0 cm³/mol. The fraction of sp³-hybridized carbons (Fsp3) is 0.333. The van der Waals surface area contributed by atoms with Gasteiger partial charge >= 0.3 is 5.97 Å². The summed E-state index contributed by atoms with van der Waals surface area (Å²) in [6.45, 7) is 6.27. The molecule has 0 radical (unpaired) electrons. The maximum Gasteiger partial charge on any atom is 0.308 e. The highest BCUT2D eigenvalue weighted by atomic mass is 19.2. The van der Waals surface area contributed by atoms with Crippen LogP contribution in [0.25, 0.3) is 0 Å². The van der Waals surface area contributed by atoms with Crippen LogP contribution in [0.4, 0.5) is 8.78 Å². The van der Waals surface area contributed by atoms with Crippen molar-refractivity contribution >= 4 is 11.8 Å². The van der Waals surface area contributed by atoms with Crippen molar-refractivity contribution in [2.45, 2.75) is 27.7 Å². The number of hydrogen-bond acceptors (Lipinski definition) is 3. The number of carbonyl (C=O) groups excluding carboxylic acids is 2. The molecule has 0 atom stereocenters. The first-order chi connectivity index (χ1) is 7.91. The van der Waals surface area contributed by atoms with Crippen LogP contribution in [-0.4, -0.2) is 11.8 Å². The lowest BCUT2D eigenvalue weighted by Crippen LogP contribution is -2.07. The van der Waals surface area contributed by atoms with Crippen molar-refractivity contribution in [3.05, 3.63) is 29.3 Å². The number of carbonyl (C=O) groups is 2. The van der Waals surface area contributed by atoms with Gasteiger partial charge in [0.05, 0.1) is 5.56 Å². The molecule has 0 spiro atoms. The third kappa shape index (κ3) is 4.30. The minimum absolute atomic E-state index is 0.163. The highest BCUT2D eigenvalue weighted by molar-refractivity contribution is 5.97. The van der Waals surface area contributed by atoms with E-state index in [2.05, 4.69) is 4.74 Å². The lowest BCUT2D eigenvalue weighted by molar-refractivity contribution is -0.131. The Morgan fingerprint density at radius 2 is 1.53 bits per heavy atom. The standard InChI is InChI=1S/C10H8F2O3.C2H6/c1-5(13)7-3-8(11)9(12)4-10(7)15-6(2)14;1-2/h3-4H,1-2H3;1-2H3. The summed E-state index contributed by atoms with van der Waals surface area (Å²) in [5.41, 5.74) is -0.163. The van der Waals surface area contributed by atoms with Crippen molar-refractivity contribution < 1.29 is 23.1 Å². The van der Waals surface area contributed by atoms with Crippen LogP contribution in [0.15, 0.2) is 12.1 Å². The Bertz CT molecular complexity index is 428. The van der Waals surface area contributed by atoms with E-state index in [9.17, 15) is 18.4 Å². The second kappa shape index (κ2) is 6.73. The molecule has 0 N–H and O–H groups in total. The van der Waals surface area contributed by atoms with E-state index in [-0.39, 0.29) is 11.3 Å². The van der Waals surface area contributed by atoms with Gasteiger partial charge in [-0.3, -0.25) is 9.59 Å². The lowest BCUT2D eigenvalue weighted by Gasteiger charge is -2.06. The van der Waals surface area contributed by atoms with E-state index in [0.29, 0.717) is 12.1 Å². The predicted octanol–water partition coefficient (Wildman–Crippen LogP) is 3.12. The molecule has 0 saturated heterocycles. The van der Waals surface area contributed by atoms with Crippen molar-refractivity contribution in [3.8, 4) is 5.75 Å². The van der Waals surface area contributed by atoms with Crippen molar-refractivity contribution in [2.24, 2.45) is 0 Å². The Morgan fingerprint density at radius 3 is 1.94 bits per heavy atom. The summed E-state index contributed by atoms with van der Waals surface area (Å²) in [7, 11) is 0. The van der Waals surface area contributed by atoms with Gasteiger partial charge in [-0.1, -0.05) is 13.8 Å². The van der Waals surface area contributed by atoms with Crippen molar-refractivity contribution in [2.75, 3.05) is 0 Å². The van der Waals surface area contributed by atoms with Gasteiger partial charge in [0.1, 0.15) is 5.75 Å². The minimum Gasteiger partial charge on any atom is -0.426 e. The van der Waals surface area contributed by atoms with Crippen LogP contribution in [-0.2, 0) is 4.79 Å². The molecule has 1 aromatic rings. The number of ether oxygens (including phenoxy) is 1. The minimum atomic E-state index is -1.17. The second-order valence-corrected chi connectivity index (χ2v) is 2.91. The zero-order valence-electron chi connectivity index (χ0n) is 10.1. The average molecular weight is 244 g/mol. The number of esters is 1. The van der Waals surface area contributed by atoms with E-state index < -0.39 is 23.4 Å². The van der Waals surface area contributed by atoms with Crippen LogP contribution in [0.5, 0.6) is 5.75 Å². The van der Waals surface area contributed by atoms with Crippen LogP contribution in [0.1, 0.15) is 38.1 Å². The molecule has 5 heteroatoms. The maximum absolute atomic E-state index is 12.8. The quantitative estimate of drug-likeness (QED) is 0.456. The molecule has 0 aliphatic rings. The Hall–Kier alpha value is -1.78. The van der Waals surface area contributed by atoms with E-state index in [1.54, 1.807) is 0 Å². The molecule has 0 fully saturated rings. The Morgan fingerprint density at radius 1 is 1.06 bits per heavy atom. The molecule has 94 valence electrons. The fourth-order valence-electron chi connectivity index (χ4n) is 1.04. The van der Waals surface area contributed by atoms with Gasteiger partial charge in [-0.05, 0) is 13.0 Å². The summed E-state index contributed by atoms with van der Waals surface area (Å²) in [6, 6.07) is 1.38. The molecule has 0 heterocycles. The molecule has 0 saturated carbocycles. The molecular formula is C12H14F2O3. The first-order valence-electron chi connectivity index (χ1n) is 5.10. The monoisotopic (exact) mass is 244 g/mol. The summed E-state index contributed by atoms with van der Waals surface area (Å²) in [5.74, 6) is -3.81. The zero-order valence-corrected chi connectivity index (χ0v) is 10.1. The Labute approximate surface area is 98.4 Å². The molecule has 0 aliphatic heterocycles. The van der Waals surface area contributed by atoms with Gasteiger partial charge in [0.25, 0.3) is 0 Å². The van der Waals surface area contributed by atoms with E-state index in [4.69, 9.17) is 0 Å². The summed E-state index contributed by atoms with van der Waals surface area (Å²) < 4.78 is 30.2. The highest BCUT2D eigenvalue weighted by Crippen LogP contribution is 2.23. The normalized spacial score (nSPS) is 9.06. The number of benzene rings is 1. The molecule has 0 aliphatic carbocycles. The van der Waals surface area contributed by atoms with Crippen molar-refractivity contribution in [1.29, 1.82) is 0 Å². The van der Waals surface area contributed by atoms with Gasteiger partial charge in [-0.25, -0.2) is 8.78 Å². The molecule has 0 unspecified atom stereocenters. The lowest BCUT2D eigenvalue weighted by atomic mass is 10.1. The van der Waals surface area contributed by atoms with Gasteiger partial charge in [0, 0.05) is 13.0 Å². The van der Waals surface area contributed by atoms with Crippen LogP contribution < -0.4 is 4.74 Å². The Kier molecular flexibility index (Phi) is 6.02. The summed E-state index contributed by atoms with van der Waals surface area (Å²) in [5, 5.41) is 0. The average Bonchev–Trinajstić information content (AvgIpc) is 2.25. The van der Waals surface area contributed by atoms with Crippen LogP contribution in [0, 0.1) is 11.6 Å². The topological polar surface area (TPSA) is 43.4 Å². The molecule has 17 heavy (non-hydrogen) atoms. The number of Topliss-reactive ketones (excluding diaryl/α,β-unsaturated/α-hetero) is 1. The van der Waals surface area contributed by atoms with Crippen LogP contribution in [0.3, 0.4) is 0 Å². The molecule has 1 aromatic carbocycles. The van der Waals surface area contributed by atoms with E-state index in [1.807, 2.05) is 13.8 Å². The van der Waals surface area contributed by atoms with E-state index >= 15 is 0 Å². The first kappa shape index (κ1) is 15.2. The smallest absolute Gasteiger partial charge is 0.308 e. The van der Waals surface area contributed by atoms with Gasteiger partial charge in [-0.15, -0.1) is 0 Å². The zero-order chi connectivity index (χ0) is 13.6. The number of ketones is 1. The highest BCUT2D eigenvalue weighted by Gasteiger charge is 2.15. The van der Waals surface area contributed by atoms with Gasteiger partial charge in [0.15, 0.2) is 17.4 Å². The van der Waals surface area contributed by atoms with E-state index in [1.165, 1.54) is 6.92 Å². The van der Waals surface area contributed by atoms with Crippen molar-refractivity contribution in [1.82, 2.24) is 0 Å². The largest absolute Gasteiger partial charge is 0.426 e. The van der Waals surface area contributed by atoms with Crippen molar-refractivity contribution in [3.63, 3.8) is 0 Å². The number of rotatable bonds is 2.